The van der Waals surface area contributed by atoms with Crippen LogP contribution in [0.1, 0.15) is 24.6 Å². The third-order valence-corrected chi connectivity index (χ3v) is 5.35. The molecule has 1 aliphatic rings. The highest BCUT2D eigenvalue weighted by atomic mass is 19.1. The third-order valence-electron chi connectivity index (χ3n) is 5.35. The van der Waals surface area contributed by atoms with Crippen molar-refractivity contribution >= 4 is 5.95 Å². The van der Waals surface area contributed by atoms with Gasteiger partial charge in [-0.2, -0.15) is 5.10 Å². The number of hydrogen-bond acceptors (Lipinski definition) is 7. The number of nitrogens with zero attached hydrogens (tertiary/aromatic N) is 6. The second-order valence-electron chi connectivity index (χ2n) is 7.31. The van der Waals surface area contributed by atoms with Crippen molar-refractivity contribution in [1.29, 1.82) is 0 Å². The summed E-state index contributed by atoms with van der Waals surface area (Å²) in [5.41, 5.74) is 0.830. The van der Waals surface area contributed by atoms with Crippen molar-refractivity contribution in [2.24, 2.45) is 7.05 Å². The highest BCUT2D eigenvalue weighted by Crippen LogP contribution is 2.37. The molecule has 11 heteroatoms. The molecule has 158 valence electrons. The van der Waals surface area contributed by atoms with Crippen molar-refractivity contribution in [2.75, 3.05) is 11.4 Å². The van der Waals surface area contributed by atoms with Gasteiger partial charge in [-0.05, 0) is 31.0 Å². The molecule has 4 heterocycles. The van der Waals surface area contributed by atoms with Crippen LogP contribution in [0.3, 0.4) is 0 Å². The van der Waals surface area contributed by atoms with E-state index in [4.69, 9.17) is 4.52 Å². The van der Waals surface area contributed by atoms with E-state index in [9.17, 15) is 13.6 Å². The first kappa shape index (κ1) is 19.1. The van der Waals surface area contributed by atoms with Gasteiger partial charge in [0.2, 0.25) is 5.95 Å². The third kappa shape index (κ3) is 3.37. The largest absolute Gasteiger partial charge is 0.356 e. The zero-order valence-corrected chi connectivity index (χ0v) is 16.4. The number of aromatic amines is 1. The van der Waals surface area contributed by atoms with E-state index in [0.717, 1.165) is 31.0 Å². The van der Waals surface area contributed by atoms with E-state index < -0.39 is 11.6 Å². The van der Waals surface area contributed by atoms with Crippen LogP contribution in [0.25, 0.3) is 22.7 Å². The van der Waals surface area contributed by atoms with Gasteiger partial charge >= 0.3 is 0 Å². The Labute approximate surface area is 174 Å². The Bertz CT molecular complexity index is 1310. The minimum Gasteiger partial charge on any atom is -0.356 e. The molecular formula is C20H17F2N7O2. The number of benzene rings is 1. The number of anilines is 1. The topological polar surface area (TPSA) is 106 Å². The predicted molar refractivity (Wildman–Crippen MR) is 106 cm³/mol. The molecule has 0 unspecified atom stereocenters. The van der Waals surface area contributed by atoms with Crippen LogP contribution >= 0.6 is 0 Å². The molecule has 3 aromatic heterocycles. The normalized spacial score (nSPS) is 16.2. The van der Waals surface area contributed by atoms with E-state index >= 15 is 0 Å². The van der Waals surface area contributed by atoms with E-state index in [2.05, 4.69) is 25.6 Å². The van der Waals surface area contributed by atoms with Crippen molar-refractivity contribution in [1.82, 2.24) is 30.1 Å². The molecule has 0 spiro atoms. The highest BCUT2D eigenvalue weighted by Gasteiger charge is 2.32. The number of halogens is 2. The van der Waals surface area contributed by atoms with E-state index in [-0.39, 0.29) is 22.9 Å². The van der Waals surface area contributed by atoms with Crippen LogP contribution in [0.5, 0.6) is 0 Å². The molecule has 1 aromatic carbocycles. The molecule has 0 aliphatic carbocycles. The van der Waals surface area contributed by atoms with E-state index in [1.165, 1.54) is 12.3 Å². The summed E-state index contributed by atoms with van der Waals surface area (Å²) in [6, 6.07) is 6.05. The average Bonchev–Trinajstić information content (AvgIpc) is 3.48. The smallest absolute Gasteiger partial charge is 0.264 e. The number of rotatable bonds is 4. The SMILES string of the molecule is Cn1c(-c2cn[nH]c(=O)c2)nnc1N1CCC[C@@H]1c1cc(-c2cc(F)ccc2F)on1. The van der Waals surface area contributed by atoms with Crippen molar-refractivity contribution in [3.63, 3.8) is 0 Å². The van der Waals surface area contributed by atoms with Crippen LogP contribution in [0.15, 0.2) is 45.8 Å². The second kappa shape index (κ2) is 7.42. The maximum absolute atomic E-state index is 14.1. The Morgan fingerprint density at radius 1 is 1.19 bits per heavy atom. The molecule has 0 saturated carbocycles. The van der Waals surface area contributed by atoms with Gasteiger partial charge in [-0.1, -0.05) is 5.16 Å². The monoisotopic (exact) mass is 425 g/mol. The van der Waals surface area contributed by atoms with Crippen molar-refractivity contribution in [3.05, 3.63) is 64.2 Å². The Hall–Kier alpha value is -3.89. The molecule has 1 atom stereocenters. The summed E-state index contributed by atoms with van der Waals surface area (Å²) >= 11 is 0. The van der Waals surface area contributed by atoms with Crippen molar-refractivity contribution in [3.8, 4) is 22.7 Å². The summed E-state index contributed by atoms with van der Waals surface area (Å²) in [5.74, 6) is 0.114. The Morgan fingerprint density at radius 2 is 2.06 bits per heavy atom. The van der Waals surface area contributed by atoms with Crippen LogP contribution < -0.4 is 10.5 Å². The van der Waals surface area contributed by atoms with Gasteiger partial charge in [0, 0.05) is 31.3 Å². The fourth-order valence-electron chi connectivity index (χ4n) is 3.89. The fourth-order valence-corrected chi connectivity index (χ4v) is 3.89. The maximum Gasteiger partial charge on any atom is 0.264 e. The lowest BCUT2D eigenvalue weighted by atomic mass is 10.1. The van der Waals surface area contributed by atoms with Crippen molar-refractivity contribution < 1.29 is 13.3 Å². The predicted octanol–water partition coefficient (Wildman–Crippen LogP) is 2.84. The molecule has 9 nitrogen and oxygen atoms in total. The number of H-pyrrole nitrogens is 1. The van der Waals surface area contributed by atoms with Crippen LogP contribution in [-0.4, -0.2) is 36.7 Å². The molecule has 0 amide bonds. The minimum atomic E-state index is -0.586. The van der Waals surface area contributed by atoms with Gasteiger partial charge in [0.05, 0.1) is 17.8 Å². The van der Waals surface area contributed by atoms with Gasteiger partial charge in [0.1, 0.15) is 17.3 Å². The Kier molecular flexibility index (Phi) is 4.57. The molecule has 1 N–H and O–H groups in total. The Balaban J connectivity index is 1.47. The molecule has 4 aromatic rings. The zero-order chi connectivity index (χ0) is 21.5. The molecule has 1 fully saturated rings. The van der Waals surface area contributed by atoms with E-state index in [1.807, 2.05) is 4.90 Å². The molecule has 1 saturated heterocycles. The standard InChI is InChI=1S/C20H17F2N7O2/c1-28-19(11-7-18(30)24-23-10-11)25-26-20(28)29-6-2-3-16(29)15-9-17(31-27-15)13-8-12(21)4-5-14(13)22/h4-5,7-10,16H,2-3,6H2,1H3,(H,24,30)/t16-/m1/s1. The summed E-state index contributed by atoms with van der Waals surface area (Å²) in [5, 5.41) is 18.8. The highest BCUT2D eigenvalue weighted by molar-refractivity contribution is 5.59. The van der Waals surface area contributed by atoms with Gasteiger partial charge in [0.25, 0.3) is 5.56 Å². The van der Waals surface area contributed by atoms with Crippen LogP contribution in [0.4, 0.5) is 14.7 Å². The summed E-state index contributed by atoms with van der Waals surface area (Å²) in [6.45, 7) is 0.709. The maximum atomic E-state index is 14.1. The van der Waals surface area contributed by atoms with Crippen LogP contribution in [0.2, 0.25) is 0 Å². The van der Waals surface area contributed by atoms with E-state index in [1.54, 1.807) is 17.7 Å². The quantitative estimate of drug-likeness (QED) is 0.536. The molecule has 0 radical (unpaired) electrons. The summed E-state index contributed by atoms with van der Waals surface area (Å²) in [6.07, 6.45) is 3.18. The molecule has 31 heavy (non-hydrogen) atoms. The second-order valence-corrected chi connectivity index (χ2v) is 7.31. The summed E-state index contributed by atoms with van der Waals surface area (Å²) in [4.78, 5) is 13.6. The molecule has 1 aliphatic heterocycles. The molecule has 5 rings (SSSR count). The number of aromatic nitrogens is 6. The first-order valence-electron chi connectivity index (χ1n) is 9.64. The molecule has 0 bridgehead atoms. The van der Waals surface area contributed by atoms with Gasteiger partial charge < -0.3 is 9.42 Å². The lowest BCUT2D eigenvalue weighted by Gasteiger charge is -2.23. The molecular weight excluding hydrogens is 408 g/mol. The van der Waals surface area contributed by atoms with Crippen molar-refractivity contribution in [2.45, 2.75) is 18.9 Å². The minimum absolute atomic E-state index is 0.0195. The van der Waals surface area contributed by atoms with Gasteiger partial charge in [-0.25, -0.2) is 13.9 Å². The van der Waals surface area contributed by atoms with E-state index in [0.29, 0.717) is 29.6 Å². The first-order chi connectivity index (χ1) is 15.0. The van der Waals surface area contributed by atoms with Gasteiger partial charge in [0.15, 0.2) is 11.6 Å². The fraction of sp³-hybridized carbons (Fsp3) is 0.250. The Morgan fingerprint density at radius 3 is 2.90 bits per heavy atom. The lowest BCUT2D eigenvalue weighted by molar-refractivity contribution is 0.413. The number of hydrogen-bond donors (Lipinski definition) is 1. The van der Waals surface area contributed by atoms with Gasteiger partial charge in [-0.15, -0.1) is 10.2 Å². The average molecular weight is 425 g/mol. The summed E-state index contributed by atoms with van der Waals surface area (Å²) in [7, 11) is 1.80. The lowest BCUT2D eigenvalue weighted by Crippen LogP contribution is -2.25. The van der Waals surface area contributed by atoms with Crippen LogP contribution in [0, 0.1) is 11.6 Å². The van der Waals surface area contributed by atoms with Crippen LogP contribution in [-0.2, 0) is 7.05 Å². The zero-order valence-electron chi connectivity index (χ0n) is 16.4. The van der Waals surface area contributed by atoms with Gasteiger partial charge in [-0.3, -0.25) is 9.36 Å². The summed E-state index contributed by atoms with van der Waals surface area (Å²) < 4.78 is 34.8. The first-order valence-corrected chi connectivity index (χ1v) is 9.64. The number of nitrogens with one attached hydrogen (secondary N) is 1.